The molecule has 1 saturated carbocycles. The Morgan fingerprint density at radius 3 is 3.11 bits per heavy atom. The molecule has 0 bridgehead atoms. The van der Waals surface area contributed by atoms with Gasteiger partial charge in [-0.3, -0.25) is 0 Å². The zero-order valence-electron chi connectivity index (χ0n) is 11.3. The summed E-state index contributed by atoms with van der Waals surface area (Å²) in [7, 11) is 0. The number of anilines is 1. The summed E-state index contributed by atoms with van der Waals surface area (Å²) in [6.45, 7) is 3.55. The van der Waals surface area contributed by atoms with Crippen LogP contribution in [0.1, 0.15) is 36.8 Å². The standard InChI is InChI=1S/C15H19N3O/c1-11-6-7-17-15(12(11)10-16)18-8-9-19-14-5-3-2-4-13(14)18/h6-7,13-14H,2-5,8-9H2,1H3. The van der Waals surface area contributed by atoms with Gasteiger partial charge in [-0.15, -0.1) is 0 Å². The van der Waals surface area contributed by atoms with Crippen molar-refractivity contribution in [2.24, 2.45) is 0 Å². The Morgan fingerprint density at radius 1 is 1.42 bits per heavy atom. The highest BCUT2D eigenvalue weighted by Gasteiger charge is 2.35. The van der Waals surface area contributed by atoms with Crippen LogP contribution in [0.15, 0.2) is 12.3 Å². The lowest BCUT2D eigenvalue weighted by Gasteiger charge is -2.44. The molecule has 2 fully saturated rings. The molecule has 2 aliphatic rings. The van der Waals surface area contributed by atoms with Crippen molar-refractivity contribution in [2.45, 2.75) is 44.8 Å². The minimum atomic E-state index is 0.316. The normalized spacial score (nSPS) is 26.6. The summed E-state index contributed by atoms with van der Waals surface area (Å²) in [5, 5.41) is 9.38. The van der Waals surface area contributed by atoms with Crippen LogP contribution in [-0.4, -0.2) is 30.3 Å². The van der Waals surface area contributed by atoms with Crippen molar-refractivity contribution in [1.29, 1.82) is 5.26 Å². The number of nitrogens with zero attached hydrogens (tertiary/aromatic N) is 3. The third-order valence-electron chi connectivity index (χ3n) is 4.26. The number of hydrogen-bond donors (Lipinski definition) is 0. The second-order valence-corrected chi connectivity index (χ2v) is 5.39. The molecular formula is C15H19N3O. The second kappa shape index (κ2) is 5.18. The van der Waals surface area contributed by atoms with Crippen LogP contribution >= 0.6 is 0 Å². The average molecular weight is 257 g/mol. The molecule has 1 aromatic heterocycles. The van der Waals surface area contributed by atoms with Crippen molar-refractivity contribution in [3.63, 3.8) is 0 Å². The van der Waals surface area contributed by atoms with E-state index in [1.165, 1.54) is 12.8 Å². The quantitative estimate of drug-likeness (QED) is 0.775. The molecule has 2 unspecified atom stereocenters. The number of nitriles is 1. The molecule has 4 nitrogen and oxygen atoms in total. The average Bonchev–Trinajstić information content (AvgIpc) is 2.46. The summed E-state index contributed by atoms with van der Waals surface area (Å²) in [4.78, 5) is 6.78. The van der Waals surface area contributed by atoms with Crippen LogP contribution in [0.5, 0.6) is 0 Å². The zero-order chi connectivity index (χ0) is 13.2. The molecule has 1 aromatic rings. The van der Waals surface area contributed by atoms with Crippen molar-refractivity contribution in [3.05, 3.63) is 23.4 Å². The number of aromatic nitrogens is 1. The van der Waals surface area contributed by atoms with Crippen LogP contribution in [0.25, 0.3) is 0 Å². The second-order valence-electron chi connectivity index (χ2n) is 5.39. The first kappa shape index (κ1) is 12.4. The molecule has 0 amide bonds. The Morgan fingerprint density at radius 2 is 2.26 bits per heavy atom. The van der Waals surface area contributed by atoms with Gasteiger partial charge in [-0.25, -0.2) is 4.98 Å². The SMILES string of the molecule is Cc1ccnc(N2CCOC3CCCCC32)c1C#N. The molecular weight excluding hydrogens is 238 g/mol. The van der Waals surface area contributed by atoms with Crippen LogP contribution in [-0.2, 0) is 4.74 Å². The van der Waals surface area contributed by atoms with E-state index >= 15 is 0 Å². The Hall–Kier alpha value is -1.60. The highest BCUT2D eigenvalue weighted by molar-refractivity contribution is 5.58. The fraction of sp³-hybridized carbons (Fsp3) is 0.600. The van der Waals surface area contributed by atoms with Gasteiger partial charge in [-0.1, -0.05) is 12.8 Å². The van der Waals surface area contributed by atoms with E-state index in [4.69, 9.17) is 4.74 Å². The summed E-state index contributed by atoms with van der Waals surface area (Å²) < 4.78 is 5.88. The Balaban J connectivity index is 1.96. The van der Waals surface area contributed by atoms with Crippen LogP contribution in [0.3, 0.4) is 0 Å². The number of hydrogen-bond acceptors (Lipinski definition) is 4. The fourth-order valence-corrected chi connectivity index (χ4v) is 3.26. The highest BCUT2D eigenvalue weighted by atomic mass is 16.5. The van der Waals surface area contributed by atoms with E-state index in [-0.39, 0.29) is 0 Å². The molecule has 2 atom stereocenters. The van der Waals surface area contributed by atoms with E-state index in [1.54, 1.807) is 6.20 Å². The van der Waals surface area contributed by atoms with E-state index in [0.717, 1.165) is 37.4 Å². The molecule has 3 rings (SSSR count). The van der Waals surface area contributed by atoms with Gasteiger partial charge in [0.05, 0.1) is 24.3 Å². The van der Waals surface area contributed by atoms with Crippen LogP contribution in [0.2, 0.25) is 0 Å². The number of morpholine rings is 1. The van der Waals surface area contributed by atoms with Gasteiger partial charge in [0, 0.05) is 12.7 Å². The van der Waals surface area contributed by atoms with Crippen molar-refractivity contribution in [3.8, 4) is 6.07 Å². The largest absolute Gasteiger partial charge is 0.374 e. The molecule has 1 aliphatic heterocycles. The van der Waals surface area contributed by atoms with E-state index < -0.39 is 0 Å². The summed E-state index contributed by atoms with van der Waals surface area (Å²) in [5.41, 5.74) is 1.72. The lowest BCUT2D eigenvalue weighted by Crippen LogP contribution is -2.53. The number of aryl methyl sites for hydroxylation is 1. The third kappa shape index (κ3) is 2.19. The minimum absolute atomic E-state index is 0.316. The third-order valence-corrected chi connectivity index (χ3v) is 4.26. The monoisotopic (exact) mass is 257 g/mol. The van der Waals surface area contributed by atoms with Gasteiger partial charge >= 0.3 is 0 Å². The number of pyridine rings is 1. The number of fused-ring (bicyclic) bond motifs is 1. The molecule has 4 heteroatoms. The molecule has 1 aliphatic carbocycles. The van der Waals surface area contributed by atoms with Crippen molar-refractivity contribution in [2.75, 3.05) is 18.1 Å². The summed E-state index contributed by atoms with van der Waals surface area (Å²) >= 11 is 0. The van der Waals surface area contributed by atoms with Gasteiger partial charge in [-0.2, -0.15) is 5.26 Å². The van der Waals surface area contributed by atoms with Gasteiger partial charge in [0.2, 0.25) is 0 Å². The van der Waals surface area contributed by atoms with Gasteiger partial charge in [0.25, 0.3) is 0 Å². The van der Waals surface area contributed by atoms with Crippen molar-refractivity contribution in [1.82, 2.24) is 4.98 Å². The van der Waals surface area contributed by atoms with Gasteiger partial charge in [0.15, 0.2) is 0 Å². The predicted octanol–water partition coefficient (Wildman–Crippen LogP) is 2.41. The predicted molar refractivity (Wildman–Crippen MR) is 73.0 cm³/mol. The molecule has 0 N–H and O–H groups in total. The van der Waals surface area contributed by atoms with Gasteiger partial charge < -0.3 is 9.64 Å². The molecule has 1 saturated heterocycles. The zero-order valence-corrected chi connectivity index (χ0v) is 11.3. The van der Waals surface area contributed by atoms with E-state index in [2.05, 4.69) is 16.0 Å². The molecule has 2 heterocycles. The summed E-state index contributed by atoms with van der Waals surface area (Å²) in [6, 6.07) is 4.61. The van der Waals surface area contributed by atoms with Gasteiger partial charge in [0.1, 0.15) is 11.9 Å². The van der Waals surface area contributed by atoms with Gasteiger partial charge in [-0.05, 0) is 31.4 Å². The number of rotatable bonds is 1. The number of ether oxygens (including phenoxy) is 1. The fourth-order valence-electron chi connectivity index (χ4n) is 3.26. The maximum absolute atomic E-state index is 9.38. The van der Waals surface area contributed by atoms with Crippen LogP contribution < -0.4 is 4.90 Å². The topological polar surface area (TPSA) is 49.2 Å². The maximum Gasteiger partial charge on any atom is 0.147 e. The molecule has 19 heavy (non-hydrogen) atoms. The van der Waals surface area contributed by atoms with Crippen LogP contribution in [0, 0.1) is 18.3 Å². The Bertz CT molecular complexity index is 507. The van der Waals surface area contributed by atoms with Crippen molar-refractivity contribution >= 4 is 5.82 Å². The maximum atomic E-state index is 9.38. The first-order valence-corrected chi connectivity index (χ1v) is 7.05. The molecule has 0 aromatic carbocycles. The summed E-state index contributed by atoms with van der Waals surface area (Å²) in [6.07, 6.45) is 6.89. The molecule has 0 spiro atoms. The highest BCUT2D eigenvalue weighted by Crippen LogP contribution is 2.32. The van der Waals surface area contributed by atoms with Crippen LogP contribution in [0.4, 0.5) is 5.82 Å². The molecule has 0 radical (unpaired) electrons. The lowest BCUT2D eigenvalue weighted by molar-refractivity contribution is -0.00900. The smallest absolute Gasteiger partial charge is 0.147 e. The van der Waals surface area contributed by atoms with Crippen molar-refractivity contribution < 1.29 is 4.74 Å². The van der Waals surface area contributed by atoms with E-state index in [1.807, 2.05) is 13.0 Å². The lowest BCUT2D eigenvalue weighted by atomic mass is 9.90. The van der Waals surface area contributed by atoms with E-state index in [0.29, 0.717) is 17.7 Å². The summed E-state index contributed by atoms with van der Waals surface area (Å²) in [5.74, 6) is 0.850. The Labute approximate surface area is 114 Å². The Kier molecular flexibility index (Phi) is 3.39. The minimum Gasteiger partial charge on any atom is -0.374 e. The molecule has 100 valence electrons. The van der Waals surface area contributed by atoms with E-state index in [9.17, 15) is 5.26 Å². The first-order chi connectivity index (χ1) is 9.31. The first-order valence-electron chi connectivity index (χ1n) is 7.05.